The standard InChI is InChI=1S/C17H29N3O3/c1-13(2)23-10-6-9-19-17(18-3)20-12-14-7-8-15(21-4)16(11-14)22-5/h7-8,11,13H,6,9-10,12H2,1-5H3,(H2,18,19,20). The fourth-order valence-electron chi connectivity index (χ4n) is 1.99. The van der Waals surface area contributed by atoms with Crippen LogP contribution in [0.25, 0.3) is 0 Å². The normalized spacial score (nSPS) is 11.5. The highest BCUT2D eigenvalue weighted by Crippen LogP contribution is 2.27. The van der Waals surface area contributed by atoms with Gasteiger partial charge in [0.25, 0.3) is 0 Å². The summed E-state index contributed by atoms with van der Waals surface area (Å²) in [6, 6.07) is 5.85. The van der Waals surface area contributed by atoms with E-state index in [9.17, 15) is 0 Å². The molecule has 1 aromatic carbocycles. The lowest BCUT2D eigenvalue weighted by Gasteiger charge is -2.14. The fraction of sp³-hybridized carbons (Fsp3) is 0.588. The molecule has 0 aliphatic carbocycles. The molecule has 0 atom stereocenters. The molecule has 6 heteroatoms. The van der Waals surface area contributed by atoms with Gasteiger partial charge in [0.05, 0.1) is 20.3 Å². The molecule has 0 aliphatic heterocycles. The van der Waals surface area contributed by atoms with Crippen molar-refractivity contribution in [3.05, 3.63) is 23.8 Å². The van der Waals surface area contributed by atoms with Crippen LogP contribution in [-0.4, -0.2) is 46.5 Å². The number of aliphatic imine (C=N–C) groups is 1. The molecule has 23 heavy (non-hydrogen) atoms. The van der Waals surface area contributed by atoms with Crippen LogP contribution >= 0.6 is 0 Å². The van der Waals surface area contributed by atoms with Gasteiger partial charge in [-0.05, 0) is 38.0 Å². The third kappa shape index (κ3) is 7.23. The molecule has 0 amide bonds. The van der Waals surface area contributed by atoms with Crippen LogP contribution < -0.4 is 20.1 Å². The highest BCUT2D eigenvalue weighted by molar-refractivity contribution is 5.79. The van der Waals surface area contributed by atoms with Gasteiger partial charge in [-0.1, -0.05) is 6.07 Å². The summed E-state index contributed by atoms with van der Waals surface area (Å²) < 4.78 is 16.1. The van der Waals surface area contributed by atoms with Crippen LogP contribution in [0.15, 0.2) is 23.2 Å². The maximum Gasteiger partial charge on any atom is 0.191 e. The van der Waals surface area contributed by atoms with Crippen molar-refractivity contribution in [1.82, 2.24) is 10.6 Å². The van der Waals surface area contributed by atoms with E-state index in [0.717, 1.165) is 42.6 Å². The van der Waals surface area contributed by atoms with Crippen LogP contribution in [0.3, 0.4) is 0 Å². The lowest BCUT2D eigenvalue weighted by atomic mass is 10.2. The first-order valence-corrected chi connectivity index (χ1v) is 7.87. The zero-order valence-corrected chi connectivity index (χ0v) is 14.8. The number of hydrogen-bond acceptors (Lipinski definition) is 4. The first-order valence-electron chi connectivity index (χ1n) is 7.87. The zero-order valence-electron chi connectivity index (χ0n) is 14.8. The topological polar surface area (TPSA) is 64.1 Å². The molecule has 130 valence electrons. The van der Waals surface area contributed by atoms with Crippen LogP contribution in [0.2, 0.25) is 0 Å². The molecule has 0 saturated heterocycles. The molecule has 0 bridgehead atoms. The Hall–Kier alpha value is -1.95. The minimum Gasteiger partial charge on any atom is -0.493 e. The lowest BCUT2D eigenvalue weighted by Crippen LogP contribution is -2.37. The van der Waals surface area contributed by atoms with Gasteiger partial charge in [-0.2, -0.15) is 0 Å². The van der Waals surface area contributed by atoms with Crippen molar-refractivity contribution in [2.24, 2.45) is 4.99 Å². The minimum absolute atomic E-state index is 0.275. The van der Waals surface area contributed by atoms with Crippen LogP contribution in [0, 0.1) is 0 Å². The number of benzene rings is 1. The van der Waals surface area contributed by atoms with E-state index < -0.39 is 0 Å². The average molecular weight is 323 g/mol. The second-order valence-corrected chi connectivity index (χ2v) is 5.31. The Bertz CT molecular complexity index is 490. The molecule has 1 aromatic rings. The monoisotopic (exact) mass is 323 g/mol. The molecular weight excluding hydrogens is 294 g/mol. The molecule has 0 spiro atoms. The predicted octanol–water partition coefficient (Wildman–Crippen LogP) is 2.18. The maximum atomic E-state index is 5.51. The Labute approximate surface area is 139 Å². The summed E-state index contributed by atoms with van der Waals surface area (Å²) in [6.07, 6.45) is 1.22. The summed E-state index contributed by atoms with van der Waals surface area (Å²) in [5.74, 6) is 2.22. The van der Waals surface area contributed by atoms with E-state index in [-0.39, 0.29) is 6.10 Å². The van der Waals surface area contributed by atoms with Crippen molar-refractivity contribution >= 4 is 5.96 Å². The van der Waals surface area contributed by atoms with Crippen molar-refractivity contribution in [3.63, 3.8) is 0 Å². The Kier molecular flexibility index (Phi) is 8.90. The molecule has 0 unspecified atom stereocenters. The zero-order chi connectivity index (χ0) is 17.1. The van der Waals surface area contributed by atoms with Crippen molar-refractivity contribution in [1.29, 1.82) is 0 Å². The predicted molar refractivity (Wildman–Crippen MR) is 93.5 cm³/mol. The summed E-state index contributed by atoms with van der Waals surface area (Å²) >= 11 is 0. The highest BCUT2D eigenvalue weighted by atomic mass is 16.5. The second kappa shape index (κ2) is 10.7. The molecule has 1 rings (SSSR count). The van der Waals surface area contributed by atoms with Gasteiger partial charge in [-0.25, -0.2) is 0 Å². The van der Waals surface area contributed by atoms with E-state index in [0.29, 0.717) is 6.54 Å². The van der Waals surface area contributed by atoms with Crippen LogP contribution in [0.4, 0.5) is 0 Å². The van der Waals surface area contributed by atoms with E-state index in [1.165, 1.54) is 0 Å². The summed E-state index contributed by atoms with van der Waals surface area (Å²) in [5.41, 5.74) is 1.09. The highest BCUT2D eigenvalue weighted by Gasteiger charge is 2.05. The third-order valence-corrected chi connectivity index (χ3v) is 3.20. The van der Waals surface area contributed by atoms with Gasteiger partial charge in [0.15, 0.2) is 17.5 Å². The van der Waals surface area contributed by atoms with E-state index in [1.807, 2.05) is 32.0 Å². The van der Waals surface area contributed by atoms with Crippen LogP contribution in [0.5, 0.6) is 11.5 Å². The Morgan fingerprint density at radius 3 is 2.48 bits per heavy atom. The molecule has 2 N–H and O–H groups in total. The number of nitrogens with zero attached hydrogens (tertiary/aromatic N) is 1. The van der Waals surface area contributed by atoms with E-state index in [4.69, 9.17) is 14.2 Å². The van der Waals surface area contributed by atoms with Crippen molar-refractivity contribution in [2.45, 2.75) is 32.9 Å². The molecular formula is C17H29N3O3. The van der Waals surface area contributed by atoms with Crippen LogP contribution in [-0.2, 0) is 11.3 Å². The second-order valence-electron chi connectivity index (χ2n) is 5.31. The van der Waals surface area contributed by atoms with Gasteiger partial charge < -0.3 is 24.8 Å². The molecule has 0 aromatic heterocycles. The van der Waals surface area contributed by atoms with Gasteiger partial charge >= 0.3 is 0 Å². The number of nitrogens with one attached hydrogen (secondary N) is 2. The smallest absolute Gasteiger partial charge is 0.191 e. The lowest BCUT2D eigenvalue weighted by molar-refractivity contribution is 0.0776. The van der Waals surface area contributed by atoms with E-state index >= 15 is 0 Å². The fourth-order valence-corrected chi connectivity index (χ4v) is 1.99. The summed E-state index contributed by atoms with van der Waals surface area (Å²) in [4.78, 5) is 4.21. The van der Waals surface area contributed by atoms with Crippen molar-refractivity contribution in [3.8, 4) is 11.5 Å². The van der Waals surface area contributed by atoms with Crippen molar-refractivity contribution < 1.29 is 14.2 Å². The number of rotatable bonds is 9. The van der Waals surface area contributed by atoms with E-state index in [1.54, 1.807) is 21.3 Å². The largest absolute Gasteiger partial charge is 0.493 e. The molecule has 0 heterocycles. The minimum atomic E-state index is 0.275. The molecule has 0 aliphatic rings. The Morgan fingerprint density at radius 1 is 1.13 bits per heavy atom. The van der Waals surface area contributed by atoms with Gasteiger partial charge in [-0.15, -0.1) is 0 Å². The van der Waals surface area contributed by atoms with Crippen molar-refractivity contribution in [2.75, 3.05) is 34.4 Å². The summed E-state index contributed by atoms with van der Waals surface area (Å²) in [7, 11) is 5.02. The van der Waals surface area contributed by atoms with E-state index in [2.05, 4.69) is 15.6 Å². The first-order chi connectivity index (χ1) is 11.1. The Morgan fingerprint density at radius 2 is 1.87 bits per heavy atom. The third-order valence-electron chi connectivity index (χ3n) is 3.20. The number of ether oxygens (including phenoxy) is 3. The number of hydrogen-bond donors (Lipinski definition) is 2. The average Bonchev–Trinajstić information content (AvgIpc) is 2.56. The quantitative estimate of drug-likeness (QED) is 0.414. The SMILES string of the molecule is CN=C(NCCCOC(C)C)NCc1ccc(OC)c(OC)c1. The maximum absolute atomic E-state index is 5.51. The molecule has 0 radical (unpaired) electrons. The van der Waals surface area contributed by atoms with Gasteiger partial charge in [0.2, 0.25) is 0 Å². The van der Waals surface area contributed by atoms with Gasteiger partial charge in [-0.3, -0.25) is 4.99 Å². The molecule has 0 fully saturated rings. The summed E-state index contributed by atoms with van der Waals surface area (Å²) in [5, 5.41) is 6.54. The molecule has 0 saturated carbocycles. The number of methoxy groups -OCH3 is 2. The first kappa shape index (κ1) is 19.1. The summed E-state index contributed by atoms with van der Waals surface area (Å²) in [6.45, 7) is 6.30. The number of guanidine groups is 1. The van der Waals surface area contributed by atoms with Gasteiger partial charge in [0.1, 0.15) is 0 Å². The van der Waals surface area contributed by atoms with Gasteiger partial charge in [0, 0.05) is 26.7 Å². The van der Waals surface area contributed by atoms with Crippen LogP contribution in [0.1, 0.15) is 25.8 Å². The Balaban J connectivity index is 2.39. The molecule has 6 nitrogen and oxygen atoms in total.